The van der Waals surface area contributed by atoms with Crippen LogP contribution in [0.3, 0.4) is 0 Å². The van der Waals surface area contributed by atoms with Gasteiger partial charge in [-0.1, -0.05) is 40.7 Å². The molecule has 1 heterocycles. The van der Waals surface area contributed by atoms with Crippen LogP contribution in [-0.2, 0) is 10.1 Å². The van der Waals surface area contributed by atoms with E-state index >= 15 is 0 Å². The number of halogens is 1. The zero-order chi connectivity index (χ0) is 14.2. The van der Waals surface area contributed by atoms with Gasteiger partial charge in [0.1, 0.15) is 15.9 Å². The van der Waals surface area contributed by atoms with Crippen LogP contribution in [0.15, 0.2) is 53.4 Å². The lowest BCUT2D eigenvalue weighted by molar-refractivity contribution is 0.245. The van der Waals surface area contributed by atoms with Gasteiger partial charge in [0, 0.05) is 0 Å². The molecule has 0 amide bonds. The molecule has 3 aromatic rings. The predicted molar refractivity (Wildman–Crippen MR) is 72.7 cm³/mol. The molecule has 0 unspecified atom stereocenters. The summed E-state index contributed by atoms with van der Waals surface area (Å²) in [6.07, 6.45) is 0. The predicted octanol–water partition coefficient (Wildman–Crippen LogP) is 1.90. The van der Waals surface area contributed by atoms with E-state index in [1.165, 1.54) is 12.1 Å². The Balaban J connectivity index is 2.04. The van der Waals surface area contributed by atoms with Crippen molar-refractivity contribution in [1.82, 2.24) is 15.2 Å². The second-order valence-corrected chi connectivity index (χ2v) is 5.81. The Hall–Kier alpha value is -2.12. The van der Waals surface area contributed by atoms with E-state index in [2.05, 4.69) is 10.3 Å². The summed E-state index contributed by atoms with van der Waals surface area (Å²) in [5, 5.41) is 7.55. The quantitative estimate of drug-likeness (QED) is 0.739. The molecule has 0 spiro atoms. The molecule has 0 saturated carbocycles. The lowest BCUT2D eigenvalue weighted by atomic mass is 10.3. The van der Waals surface area contributed by atoms with Crippen molar-refractivity contribution in [2.75, 3.05) is 0 Å². The van der Waals surface area contributed by atoms with Gasteiger partial charge in [-0.25, -0.2) is 0 Å². The van der Waals surface area contributed by atoms with Crippen LogP contribution in [0.4, 0.5) is 0 Å². The summed E-state index contributed by atoms with van der Waals surface area (Å²) in [5.74, 6) is 0. The van der Waals surface area contributed by atoms with Crippen molar-refractivity contribution in [2.24, 2.45) is 0 Å². The Morgan fingerprint density at radius 2 is 1.75 bits per heavy atom. The second kappa shape index (κ2) is 4.77. The van der Waals surface area contributed by atoms with Crippen LogP contribution in [-0.4, -0.2) is 23.6 Å². The highest BCUT2D eigenvalue weighted by atomic mass is 35.5. The minimum Gasteiger partial charge on any atom is -0.264 e. The van der Waals surface area contributed by atoms with Gasteiger partial charge in [-0.2, -0.15) is 8.42 Å². The molecule has 1 aromatic heterocycles. The van der Waals surface area contributed by atoms with Gasteiger partial charge >= 0.3 is 10.1 Å². The molecule has 0 aliphatic rings. The largest absolute Gasteiger partial charge is 0.359 e. The van der Waals surface area contributed by atoms with Gasteiger partial charge < -0.3 is 0 Å². The van der Waals surface area contributed by atoms with Gasteiger partial charge in [-0.05, 0) is 29.5 Å². The van der Waals surface area contributed by atoms with Crippen molar-refractivity contribution < 1.29 is 12.7 Å². The van der Waals surface area contributed by atoms with E-state index < -0.39 is 10.1 Å². The van der Waals surface area contributed by atoms with E-state index in [1.54, 1.807) is 36.4 Å². The zero-order valence-electron chi connectivity index (χ0n) is 9.97. The Labute approximate surface area is 119 Å². The van der Waals surface area contributed by atoms with Crippen molar-refractivity contribution >= 4 is 32.8 Å². The molecule has 0 radical (unpaired) electrons. The summed E-state index contributed by atoms with van der Waals surface area (Å²) in [6, 6.07) is 12.9. The number of nitrogens with zero attached hydrogens (tertiary/aromatic N) is 3. The normalized spacial score (nSPS) is 11.7. The lowest BCUT2D eigenvalue weighted by Gasteiger charge is -2.06. The molecule has 0 N–H and O–H groups in total. The first-order chi connectivity index (χ1) is 9.58. The van der Waals surface area contributed by atoms with E-state index in [0.29, 0.717) is 11.0 Å². The number of hydrogen-bond donors (Lipinski definition) is 0. The molecule has 0 atom stereocenters. The first-order valence-electron chi connectivity index (χ1n) is 5.58. The molecular weight excluding hydrogens is 302 g/mol. The minimum atomic E-state index is -4.08. The van der Waals surface area contributed by atoms with Crippen molar-refractivity contribution in [3.05, 3.63) is 53.6 Å². The minimum absolute atomic E-state index is 0.0805. The zero-order valence-corrected chi connectivity index (χ0v) is 11.5. The van der Waals surface area contributed by atoms with Crippen LogP contribution in [0.2, 0.25) is 5.02 Å². The Bertz CT molecular complexity index is 876. The smallest absolute Gasteiger partial charge is 0.264 e. The van der Waals surface area contributed by atoms with Crippen molar-refractivity contribution in [3.8, 4) is 0 Å². The average molecular weight is 310 g/mol. The van der Waals surface area contributed by atoms with Crippen LogP contribution in [0.1, 0.15) is 0 Å². The fourth-order valence-corrected chi connectivity index (χ4v) is 3.03. The first kappa shape index (κ1) is 12.9. The maximum absolute atomic E-state index is 12.2. The number of benzene rings is 2. The molecule has 6 nitrogen and oxygen atoms in total. The molecule has 2 aromatic carbocycles. The molecule has 8 heteroatoms. The summed E-state index contributed by atoms with van der Waals surface area (Å²) in [7, 11) is -4.08. The third-order valence-electron chi connectivity index (χ3n) is 2.60. The average Bonchev–Trinajstić information content (AvgIpc) is 2.82. The number of rotatable bonds is 3. The summed E-state index contributed by atoms with van der Waals surface area (Å²) in [4.78, 5) is 0.731. The third-order valence-corrected chi connectivity index (χ3v) is 4.27. The van der Waals surface area contributed by atoms with Gasteiger partial charge in [0.05, 0.1) is 5.02 Å². The molecule has 0 aliphatic heterocycles. The molecule has 20 heavy (non-hydrogen) atoms. The Morgan fingerprint density at radius 1 is 1.05 bits per heavy atom. The van der Waals surface area contributed by atoms with Gasteiger partial charge in [0.2, 0.25) is 0 Å². The molecule has 0 bridgehead atoms. The Kier molecular flexibility index (Phi) is 3.07. The highest BCUT2D eigenvalue weighted by molar-refractivity contribution is 7.87. The monoisotopic (exact) mass is 309 g/mol. The molecular formula is C12H8ClN3O3S. The van der Waals surface area contributed by atoms with Crippen LogP contribution < -0.4 is 4.28 Å². The summed E-state index contributed by atoms with van der Waals surface area (Å²) < 4.78 is 29.3. The van der Waals surface area contributed by atoms with Crippen LogP contribution in [0, 0.1) is 0 Å². The Morgan fingerprint density at radius 3 is 2.55 bits per heavy atom. The van der Waals surface area contributed by atoms with Crippen molar-refractivity contribution in [2.45, 2.75) is 4.90 Å². The van der Waals surface area contributed by atoms with Gasteiger partial charge in [0.25, 0.3) is 0 Å². The van der Waals surface area contributed by atoms with E-state index in [0.717, 1.165) is 4.85 Å². The fourth-order valence-electron chi connectivity index (χ4n) is 1.68. The molecule has 0 saturated heterocycles. The van der Waals surface area contributed by atoms with Gasteiger partial charge in [-0.3, -0.25) is 4.28 Å². The number of para-hydroxylation sites is 1. The van der Waals surface area contributed by atoms with Crippen LogP contribution in [0.25, 0.3) is 11.0 Å². The van der Waals surface area contributed by atoms with Gasteiger partial charge in [0.15, 0.2) is 0 Å². The molecule has 3 rings (SSSR count). The van der Waals surface area contributed by atoms with Crippen molar-refractivity contribution in [3.63, 3.8) is 0 Å². The second-order valence-electron chi connectivity index (χ2n) is 3.91. The number of aromatic nitrogens is 3. The van der Waals surface area contributed by atoms with Crippen molar-refractivity contribution in [1.29, 1.82) is 0 Å². The highest BCUT2D eigenvalue weighted by Crippen LogP contribution is 2.21. The summed E-state index contributed by atoms with van der Waals surface area (Å²) in [6.45, 7) is 0. The third kappa shape index (κ3) is 2.21. The van der Waals surface area contributed by atoms with E-state index in [4.69, 9.17) is 15.9 Å². The standard InChI is InChI=1S/C12H8ClN3O3S/c13-9-5-1-4-8-12(9)20(17,18)19-16-11-7-3-2-6-10(11)14-15-16/h1-8H. The van der Waals surface area contributed by atoms with Crippen LogP contribution in [0.5, 0.6) is 0 Å². The maximum Gasteiger partial charge on any atom is 0.359 e. The molecule has 0 aliphatic carbocycles. The maximum atomic E-state index is 12.2. The molecule has 102 valence electrons. The van der Waals surface area contributed by atoms with Gasteiger partial charge in [-0.15, -0.1) is 5.10 Å². The first-order valence-corrected chi connectivity index (χ1v) is 7.36. The fraction of sp³-hybridized carbons (Fsp3) is 0. The number of hydrogen-bond acceptors (Lipinski definition) is 5. The summed E-state index contributed by atoms with van der Waals surface area (Å²) >= 11 is 5.86. The lowest BCUT2D eigenvalue weighted by Crippen LogP contribution is -2.21. The van der Waals surface area contributed by atoms with E-state index in [1.807, 2.05) is 0 Å². The topological polar surface area (TPSA) is 74.1 Å². The molecule has 0 fully saturated rings. The van der Waals surface area contributed by atoms with E-state index in [-0.39, 0.29) is 9.92 Å². The number of fused-ring (bicyclic) bond motifs is 1. The summed E-state index contributed by atoms with van der Waals surface area (Å²) in [5.41, 5.74) is 0.977. The van der Waals surface area contributed by atoms with E-state index in [9.17, 15) is 8.42 Å². The van der Waals surface area contributed by atoms with Crippen LogP contribution >= 0.6 is 11.6 Å². The highest BCUT2D eigenvalue weighted by Gasteiger charge is 2.21. The SMILES string of the molecule is O=S(=O)(On1nnc2ccccc21)c1ccccc1Cl.